The van der Waals surface area contributed by atoms with Gasteiger partial charge in [-0.05, 0) is 32.1 Å². The third-order valence-corrected chi connectivity index (χ3v) is 4.56. The molecule has 0 aromatic heterocycles. The van der Waals surface area contributed by atoms with Gasteiger partial charge in [0.05, 0.1) is 22.0 Å². The maximum atomic E-state index is 12.2. The summed E-state index contributed by atoms with van der Waals surface area (Å²) in [6.07, 6.45) is 1.18. The maximum Gasteiger partial charge on any atom is 0.205 e. The highest BCUT2D eigenvalue weighted by molar-refractivity contribution is 7.95. The first-order valence-electron chi connectivity index (χ1n) is 5.19. The molecule has 0 spiro atoms. The molecule has 2 atom stereocenters. The summed E-state index contributed by atoms with van der Waals surface area (Å²) in [7, 11) is -3.38. The predicted octanol–water partition coefficient (Wildman–Crippen LogP) is 2.15. The van der Waals surface area contributed by atoms with Gasteiger partial charge in [0, 0.05) is 0 Å². The molecule has 0 aliphatic carbocycles. The Morgan fingerprint density at radius 1 is 1.12 bits per heavy atom. The Morgan fingerprint density at radius 3 is 2.25 bits per heavy atom. The smallest absolute Gasteiger partial charge is 0.205 e. The third kappa shape index (κ3) is 1.90. The quantitative estimate of drug-likeness (QED) is 0.793. The van der Waals surface area contributed by atoms with Gasteiger partial charge in [0.2, 0.25) is 9.84 Å². The van der Waals surface area contributed by atoms with Gasteiger partial charge in [0.25, 0.3) is 0 Å². The summed E-state index contributed by atoms with van der Waals surface area (Å²) in [6, 6.07) is 8.44. The average molecular weight is 238 g/mol. The van der Waals surface area contributed by atoms with Crippen molar-refractivity contribution in [2.24, 2.45) is 0 Å². The third-order valence-electron chi connectivity index (χ3n) is 2.58. The van der Waals surface area contributed by atoms with Gasteiger partial charge < -0.3 is 4.74 Å². The highest BCUT2D eigenvalue weighted by atomic mass is 32.2. The molecule has 1 aromatic rings. The fourth-order valence-corrected chi connectivity index (χ4v) is 3.49. The second-order valence-corrected chi connectivity index (χ2v) is 5.82. The van der Waals surface area contributed by atoms with Crippen LogP contribution in [0.3, 0.4) is 0 Å². The monoisotopic (exact) mass is 238 g/mol. The van der Waals surface area contributed by atoms with E-state index in [0.717, 1.165) is 0 Å². The zero-order chi connectivity index (χ0) is 11.8. The molecule has 4 heteroatoms. The summed E-state index contributed by atoms with van der Waals surface area (Å²) >= 11 is 0. The van der Waals surface area contributed by atoms with Crippen LogP contribution < -0.4 is 0 Å². The molecule has 0 amide bonds. The van der Waals surface area contributed by atoms with Crippen molar-refractivity contribution in [1.82, 2.24) is 0 Å². The first kappa shape index (κ1) is 11.4. The van der Waals surface area contributed by atoms with Gasteiger partial charge in [-0.25, -0.2) is 8.42 Å². The van der Waals surface area contributed by atoms with Crippen molar-refractivity contribution in [3.05, 3.63) is 41.3 Å². The van der Waals surface area contributed by atoms with Crippen LogP contribution in [0.15, 0.2) is 46.2 Å². The second kappa shape index (κ2) is 4.03. The van der Waals surface area contributed by atoms with Crippen LogP contribution in [0.5, 0.6) is 0 Å². The van der Waals surface area contributed by atoms with Crippen LogP contribution in [0, 0.1) is 0 Å². The minimum atomic E-state index is -3.38. The van der Waals surface area contributed by atoms with Crippen molar-refractivity contribution < 1.29 is 13.2 Å². The molecule has 86 valence electrons. The molecule has 0 N–H and O–H groups in total. The highest BCUT2D eigenvalue weighted by Gasteiger charge is 2.31. The minimum Gasteiger partial charge on any atom is -0.366 e. The Hall–Kier alpha value is -1.13. The van der Waals surface area contributed by atoms with E-state index in [2.05, 4.69) is 0 Å². The molecule has 2 rings (SSSR count). The summed E-state index contributed by atoms with van der Waals surface area (Å²) in [5, 5.41) is 0. The molecule has 0 bridgehead atoms. The molecule has 3 nitrogen and oxygen atoms in total. The van der Waals surface area contributed by atoms with Crippen molar-refractivity contribution in [2.75, 3.05) is 0 Å². The van der Waals surface area contributed by atoms with Gasteiger partial charge in [0.1, 0.15) is 0 Å². The fraction of sp³-hybridized carbons (Fsp3) is 0.333. The molecular weight excluding hydrogens is 224 g/mol. The molecule has 1 heterocycles. The van der Waals surface area contributed by atoms with Crippen LogP contribution in [0.4, 0.5) is 0 Å². The standard InChI is InChI=1S/C12H14O3S/c1-9-8-12(10(2)15-9)16(13,14)11-6-4-3-5-7-11/h3-10H,1-2H3/t9-,10+/m0/s1. The lowest BCUT2D eigenvalue weighted by atomic mass is 10.3. The number of hydrogen-bond donors (Lipinski definition) is 0. The van der Waals surface area contributed by atoms with Crippen LogP contribution in [-0.2, 0) is 14.6 Å². The van der Waals surface area contributed by atoms with E-state index in [-0.39, 0.29) is 12.2 Å². The largest absolute Gasteiger partial charge is 0.366 e. The Balaban J connectivity index is 2.45. The topological polar surface area (TPSA) is 43.4 Å². The van der Waals surface area contributed by atoms with E-state index in [1.54, 1.807) is 43.3 Å². The van der Waals surface area contributed by atoms with Crippen LogP contribution in [0.1, 0.15) is 13.8 Å². The Labute approximate surface area is 95.7 Å². The fourth-order valence-electron chi connectivity index (χ4n) is 1.84. The number of rotatable bonds is 2. The molecule has 1 aliphatic heterocycles. The molecule has 0 unspecified atom stereocenters. The van der Waals surface area contributed by atoms with Crippen LogP contribution >= 0.6 is 0 Å². The van der Waals surface area contributed by atoms with E-state index in [9.17, 15) is 8.42 Å². The lowest BCUT2D eigenvalue weighted by molar-refractivity contribution is 0.0812. The van der Waals surface area contributed by atoms with Crippen molar-refractivity contribution in [3.8, 4) is 0 Å². The summed E-state index contributed by atoms with van der Waals surface area (Å²) in [6.45, 7) is 3.60. The zero-order valence-corrected chi connectivity index (χ0v) is 10.1. The first-order valence-corrected chi connectivity index (χ1v) is 6.67. The van der Waals surface area contributed by atoms with E-state index in [1.807, 2.05) is 6.92 Å². The number of benzene rings is 1. The van der Waals surface area contributed by atoms with E-state index in [0.29, 0.717) is 9.80 Å². The van der Waals surface area contributed by atoms with Crippen molar-refractivity contribution in [3.63, 3.8) is 0 Å². The molecule has 1 aliphatic rings. The van der Waals surface area contributed by atoms with Crippen LogP contribution in [0.2, 0.25) is 0 Å². The van der Waals surface area contributed by atoms with Gasteiger partial charge in [-0.15, -0.1) is 0 Å². The number of hydrogen-bond acceptors (Lipinski definition) is 3. The normalized spacial score (nSPS) is 25.5. The molecule has 0 fully saturated rings. The molecule has 1 aromatic carbocycles. The summed E-state index contributed by atoms with van der Waals surface area (Å²) < 4.78 is 29.9. The van der Waals surface area contributed by atoms with Crippen molar-refractivity contribution in [1.29, 1.82) is 0 Å². The molecule has 0 radical (unpaired) electrons. The van der Waals surface area contributed by atoms with Gasteiger partial charge in [-0.3, -0.25) is 0 Å². The van der Waals surface area contributed by atoms with E-state index in [1.165, 1.54) is 0 Å². The van der Waals surface area contributed by atoms with Crippen LogP contribution in [-0.4, -0.2) is 20.6 Å². The van der Waals surface area contributed by atoms with Gasteiger partial charge in [-0.2, -0.15) is 0 Å². The minimum absolute atomic E-state index is 0.136. The molecule has 16 heavy (non-hydrogen) atoms. The Kier molecular flexibility index (Phi) is 2.86. The number of ether oxygens (including phenoxy) is 1. The van der Waals surface area contributed by atoms with Crippen molar-refractivity contribution >= 4 is 9.84 Å². The predicted molar refractivity (Wildman–Crippen MR) is 61.7 cm³/mol. The van der Waals surface area contributed by atoms with Gasteiger partial charge in [-0.1, -0.05) is 18.2 Å². The Bertz CT molecular complexity index is 502. The van der Waals surface area contributed by atoms with Crippen molar-refractivity contribution in [2.45, 2.75) is 31.0 Å². The lowest BCUT2D eigenvalue weighted by Gasteiger charge is -2.10. The second-order valence-electron chi connectivity index (χ2n) is 3.87. The number of sulfone groups is 1. The molecule has 0 saturated carbocycles. The summed E-state index contributed by atoms with van der Waals surface area (Å²) in [5.74, 6) is 0. The van der Waals surface area contributed by atoms with Crippen LogP contribution in [0.25, 0.3) is 0 Å². The zero-order valence-electron chi connectivity index (χ0n) is 9.25. The van der Waals surface area contributed by atoms with Gasteiger partial charge in [0.15, 0.2) is 0 Å². The molecule has 0 saturated heterocycles. The lowest BCUT2D eigenvalue weighted by Crippen LogP contribution is -2.14. The summed E-state index contributed by atoms with van der Waals surface area (Å²) in [5.41, 5.74) is 0. The maximum absolute atomic E-state index is 12.2. The Morgan fingerprint density at radius 2 is 1.75 bits per heavy atom. The van der Waals surface area contributed by atoms with Gasteiger partial charge >= 0.3 is 0 Å². The van der Waals surface area contributed by atoms with E-state index in [4.69, 9.17) is 4.74 Å². The first-order chi connectivity index (χ1) is 7.51. The SMILES string of the molecule is C[C@H]1C=C(S(=O)(=O)c2ccccc2)[C@@H](C)O1. The van der Waals surface area contributed by atoms with E-state index >= 15 is 0 Å². The molecular formula is C12H14O3S. The summed E-state index contributed by atoms with van der Waals surface area (Å²) in [4.78, 5) is 0.692. The van der Waals surface area contributed by atoms with E-state index < -0.39 is 9.84 Å². The average Bonchev–Trinajstić information content (AvgIpc) is 2.60. The highest BCUT2D eigenvalue weighted by Crippen LogP contribution is 2.29.